The number of benzene rings is 2. The first-order valence-electron chi connectivity index (χ1n) is 7.29. The third-order valence-electron chi connectivity index (χ3n) is 3.44. The molecule has 1 N–H and O–H groups in total. The largest absolute Gasteiger partial charge is 0.300 e. The van der Waals surface area contributed by atoms with Gasteiger partial charge in [0.1, 0.15) is 0 Å². The summed E-state index contributed by atoms with van der Waals surface area (Å²) in [6.07, 6.45) is 2.68. The molecule has 0 spiro atoms. The molecule has 0 aromatic heterocycles. The van der Waals surface area contributed by atoms with E-state index in [1.807, 2.05) is 42.5 Å². The van der Waals surface area contributed by atoms with Gasteiger partial charge in [0, 0.05) is 5.02 Å². The van der Waals surface area contributed by atoms with Crippen LogP contribution in [0.15, 0.2) is 58.4 Å². The van der Waals surface area contributed by atoms with Crippen molar-refractivity contribution < 1.29 is 4.79 Å². The number of amidine groups is 1. The zero-order valence-corrected chi connectivity index (χ0v) is 14.1. The van der Waals surface area contributed by atoms with Gasteiger partial charge in [-0.15, -0.1) is 0 Å². The van der Waals surface area contributed by atoms with Crippen molar-refractivity contribution in [3.05, 3.63) is 69.6 Å². The Morgan fingerprint density at radius 2 is 1.91 bits per heavy atom. The Bertz CT molecular complexity index is 814. The number of nitrogens with zero attached hydrogens (tertiary/aromatic N) is 1. The highest BCUT2D eigenvalue weighted by molar-refractivity contribution is 8.18. The Hall–Kier alpha value is -2.04. The summed E-state index contributed by atoms with van der Waals surface area (Å²) in [6.45, 7) is 2.09. The molecule has 1 amide bonds. The molecule has 3 nitrogen and oxygen atoms in total. The molecule has 116 valence electrons. The zero-order valence-electron chi connectivity index (χ0n) is 12.5. The van der Waals surface area contributed by atoms with Gasteiger partial charge in [-0.1, -0.05) is 54.9 Å². The van der Waals surface area contributed by atoms with Crippen LogP contribution in [0.4, 0.5) is 5.69 Å². The van der Waals surface area contributed by atoms with Crippen LogP contribution in [0.2, 0.25) is 5.02 Å². The SMILES string of the molecule is CCc1ccccc1N=C1NC(=O)C(=Cc2ccccc2Cl)S1. The lowest BCUT2D eigenvalue weighted by molar-refractivity contribution is -0.115. The molecule has 0 aliphatic carbocycles. The van der Waals surface area contributed by atoms with Crippen molar-refractivity contribution in [1.82, 2.24) is 5.32 Å². The van der Waals surface area contributed by atoms with Gasteiger partial charge >= 0.3 is 0 Å². The molecule has 0 saturated carbocycles. The number of hydrogen-bond acceptors (Lipinski definition) is 3. The molecular weight excluding hydrogens is 328 g/mol. The summed E-state index contributed by atoms with van der Waals surface area (Å²) in [6, 6.07) is 15.4. The van der Waals surface area contributed by atoms with Gasteiger partial charge in [-0.3, -0.25) is 4.79 Å². The lowest BCUT2D eigenvalue weighted by Gasteiger charge is -2.02. The van der Waals surface area contributed by atoms with E-state index in [-0.39, 0.29) is 5.91 Å². The summed E-state index contributed by atoms with van der Waals surface area (Å²) in [4.78, 5) is 17.3. The van der Waals surface area contributed by atoms with Crippen LogP contribution in [0.25, 0.3) is 6.08 Å². The van der Waals surface area contributed by atoms with E-state index in [4.69, 9.17) is 11.6 Å². The van der Waals surface area contributed by atoms with Crippen LogP contribution in [0.1, 0.15) is 18.1 Å². The first kappa shape index (κ1) is 15.8. The molecule has 0 radical (unpaired) electrons. The van der Waals surface area contributed by atoms with E-state index < -0.39 is 0 Å². The maximum atomic E-state index is 12.1. The quantitative estimate of drug-likeness (QED) is 0.814. The molecule has 0 bridgehead atoms. The fourth-order valence-corrected chi connectivity index (χ4v) is 3.26. The van der Waals surface area contributed by atoms with Crippen molar-refractivity contribution in [2.24, 2.45) is 4.99 Å². The van der Waals surface area contributed by atoms with E-state index in [0.717, 1.165) is 23.2 Å². The first-order chi connectivity index (χ1) is 11.2. The van der Waals surface area contributed by atoms with Gasteiger partial charge in [-0.2, -0.15) is 0 Å². The van der Waals surface area contributed by atoms with Crippen LogP contribution < -0.4 is 5.32 Å². The van der Waals surface area contributed by atoms with E-state index in [1.165, 1.54) is 11.8 Å². The maximum absolute atomic E-state index is 12.1. The Morgan fingerprint density at radius 3 is 2.70 bits per heavy atom. The maximum Gasteiger partial charge on any atom is 0.264 e. The summed E-state index contributed by atoms with van der Waals surface area (Å²) in [7, 11) is 0. The normalized spacial score (nSPS) is 17.7. The minimum absolute atomic E-state index is 0.150. The highest BCUT2D eigenvalue weighted by atomic mass is 35.5. The third kappa shape index (κ3) is 3.66. The molecule has 5 heteroatoms. The Labute approximate surface area is 144 Å². The fraction of sp³-hybridized carbons (Fsp3) is 0.111. The van der Waals surface area contributed by atoms with E-state index in [1.54, 1.807) is 12.1 Å². The number of carbonyl (C=O) groups is 1. The highest BCUT2D eigenvalue weighted by Gasteiger charge is 2.24. The lowest BCUT2D eigenvalue weighted by Crippen LogP contribution is -2.19. The van der Waals surface area contributed by atoms with Gasteiger partial charge in [-0.05, 0) is 47.5 Å². The van der Waals surface area contributed by atoms with Crippen LogP contribution in [-0.4, -0.2) is 11.1 Å². The fourth-order valence-electron chi connectivity index (χ4n) is 2.24. The average Bonchev–Trinajstić information content (AvgIpc) is 2.89. The Balaban J connectivity index is 1.88. The summed E-state index contributed by atoms with van der Waals surface area (Å²) >= 11 is 7.47. The van der Waals surface area contributed by atoms with Gasteiger partial charge in [0.25, 0.3) is 5.91 Å². The minimum Gasteiger partial charge on any atom is -0.300 e. The molecule has 2 aromatic carbocycles. The minimum atomic E-state index is -0.150. The van der Waals surface area contributed by atoms with Gasteiger partial charge in [-0.25, -0.2) is 4.99 Å². The molecule has 1 aliphatic rings. The Kier molecular flexibility index (Phi) is 4.84. The molecule has 1 aliphatic heterocycles. The molecule has 23 heavy (non-hydrogen) atoms. The van der Waals surface area contributed by atoms with Gasteiger partial charge < -0.3 is 5.32 Å². The molecule has 1 saturated heterocycles. The molecule has 1 fully saturated rings. The number of aryl methyl sites for hydroxylation is 1. The second-order valence-electron chi connectivity index (χ2n) is 4.99. The number of para-hydroxylation sites is 1. The van der Waals surface area contributed by atoms with Crippen LogP contribution in [0.5, 0.6) is 0 Å². The van der Waals surface area contributed by atoms with Crippen molar-refractivity contribution in [1.29, 1.82) is 0 Å². The van der Waals surface area contributed by atoms with Crippen LogP contribution in [0, 0.1) is 0 Å². The second kappa shape index (κ2) is 7.02. The first-order valence-corrected chi connectivity index (χ1v) is 8.49. The molecule has 3 rings (SSSR count). The van der Waals surface area contributed by atoms with E-state index in [2.05, 4.69) is 17.2 Å². The van der Waals surface area contributed by atoms with E-state index >= 15 is 0 Å². The molecule has 2 aromatic rings. The molecule has 0 unspecified atom stereocenters. The highest BCUT2D eigenvalue weighted by Crippen LogP contribution is 2.30. The van der Waals surface area contributed by atoms with Crippen LogP contribution in [0.3, 0.4) is 0 Å². The van der Waals surface area contributed by atoms with Gasteiger partial charge in [0.05, 0.1) is 10.6 Å². The monoisotopic (exact) mass is 342 g/mol. The van der Waals surface area contributed by atoms with Crippen LogP contribution >= 0.6 is 23.4 Å². The van der Waals surface area contributed by atoms with Gasteiger partial charge in [0.2, 0.25) is 0 Å². The number of amides is 1. The predicted octanol–water partition coefficient (Wildman–Crippen LogP) is 4.79. The Morgan fingerprint density at radius 1 is 1.17 bits per heavy atom. The lowest BCUT2D eigenvalue weighted by atomic mass is 10.1. The van der Waals surface area contributed by atoms with Gasteiger partial charge in [0.15, 0.2) is 5.17 Å². The predicted molar refractivity (Wildman–Crippen MR) is 98.1 cm³/mol. The van der Waals surface area contributed by atoms with Crippen molar-refractivity contribution in [2.75, 3.05) is 0 Å². The number of thioether (sulfide) groups is 1. The number of aliphatic imine (C=N–C) groups is 1. The number of rotatable bonds is 3. The van der Waals surface area contributed by atoms with E-state index in [0.29, 0.717) is 15.1 Å². The summed E-state index contributed by atoms with van der Waals surface area (Å²) in [5.74, 6) is -0.150. The number of hydrogen-bond donors (Lipinski definition) is 1. The number of halogens is 1. The zero-order chi connectivity index (χ0) is 16.2. The van der Waals surface area contributed by atoms with Crippen molar-refractivity contribution in [2.45, 2.75) is 13.3 Å². The molecular formula is C18H15ClN2OS. The summed E-state index contributed by atoms with van der Waals surface area (Å²) in [5, 5.41) is 4.02. The van der Waals surface area contributed by atoms with Crippen LogP contribution in [-0.2, 0) is 11.2 Å². The smallest absolute Gasteiger partial charge is 0.264 e. The molecule has 0 atom stereocenters. The summed E-state index contributed by atoms with van der Waals surface area (Å²) < 4.78 is 0. The topological polar surface area (TPSA) is 41.5 Å². The molecule has 1 heterocycles. The standard InChI is InChI=1S/C18H15ClN2OS/c1-2-12-7-4-6-10-15(12)20-18-21-17(22)16(23-18)11-13-8-3-5-9-14(13)19/h3-11H,2H2,1H3,(H,20,21,22). The van der Waals surface area contributed by atoms with Crippen molar-refractivity contribution in [3.8, 4) is 0 Å². The number of nitrogens with one attached hydrogen (secondary N) is 1. The number of carbonyl (C=O) groups excluding carboxylic acids is 1. The van der Waals surface area contributed by atoms with Crippen molar-refractivity contribution in [3.63, 3.8) is 0 Å². The van der Waals surface area contributed by atoms with Crippen molar-refractivity contribution >= 4 is 46.2 Å². The van der Waals surface area contributed by atoms with E-state index in [9.17, 15) is 4.79 Å². The second-order valence-corrected chi connectivity index (χ2v) is 6.42. The third-order valence-corrected chi connectivity index (χ3v) is 4.69. The summed E-state index contributed by atoms with van der Waals surface area (Å²) in [5.41, 5.74) is 2.86. The average molecular weight is 343 g/mol.